The maximum atomic E-state index is 14.2. The van der Waals surface area contributed by atoms with Gasteiger partial charge < -0.3 is 0 Å². The van der Waals surface area contributed by atoms with Crippen LogP contribution in [0.1, 0.15) is 10.5 Å². The van der Waals surface area contributed by atoms with Crippen LogP contribution in [0.4, 0.5) is 13.9 Å². The molecule has 27 heavy (non-hydrogen) atoms. The van der Waals surface area contributed by atoms with Crippen molar-refractivity contribution in [3.05, 3.63) is 71.5 Å². The van der Waals surface area contributed by atoms with Crippen LogP contribution < -0.4 is 5.32 Å². The van der Waals surface area contributed by atoms with Gasteiger partial charge in [0, 0.05) is 6.20 Å². The molecule has 4 aromatic rings. The second-order valence-corrected chi connectivity index (χ2v) is 6.27. The van der Waals surface area contributed by atoms with E-state index in [0.717, 1.165) is 0 Å². The molecule has 0 atom stereocenters. The molecule has 0 saturated heterocycles. The van der Waals surface area contributed by atoms with E-state index >= 15 is 0 Å². The first kappa shape index (κ1) is 16.9. The molecule has 1 N–H and O–H groups in total. The number of carbonyl (C=O) groups is 1. The van der Waals surface area contributed by atoms with Crippen molar-refractivity contribution >= 4 is 22.4 Å². The molecule has 3 heterocycles. The first-order valence-electron chi connectivity index (χ1n) is 7.67. The summed E-state index contributed by atoms with van der Waals surface area (Å²) in [5.41, 5.74) is 0.790. The number of aromatic nitrogens is 5. The molecule has 7 nitrogen and oxygen atoms in total. The van der Waals surface area contributed by atoms with Crippen LogP contribution in [0, 0.1) is 10.9 Å². The monoisotopic (exact) mass is 384 g/mol. The molecule has 3 aromatic heterocycles. The Kier molecular flexibility index (Phi) is 4.38. The standard InChI is InChI=1S/C17H10F2N6OS/c18-10-4-3-5-11(8-10)25-13(9-21-24-25)16(26)23-17-22-14(15(19)27-17)12-6-1-2-7-20-12/h1-9H,(H,22,23,26). The molecule has 0 unspecified atom stereocenters. The largest absolute Gasteiger partial charge is 0.296 e. The number of nitrogens with zero attached hydrogens (tertiary/aromatic N) is 5. The van der Waals surface area contributed by atoms with E-state index in [1.807, 2.05) is 0 Å². The summed E-state index contributed by atoms with van der Waals surface area (Å²) < 4.78 is 28.8. The smallest absolute Gasteiger partial charge is 0.277 e. The van der Waals surface area contributed by atoms with E-state index in [1.54, 1.807) is 24.3 Å². The normalized spacial score (nSPS) is 10.7. The van der Waals surface area contributed by atoms with Gasteiger partial charge in [0.2, 0.25) is 5.13 Å². The Bertz CT molecular complexity index is 1110. The van der Waals surface area contributed by atoms with Gasteiger partial charge in [-0.3, -0.25) is 15.1 Å². The van der Waals surface area contributed by atoms with Crippen LogP contribution in [0.3, 0.4) is 0 Å². The molecule has 0 spiro atoms. The van der Waals surface area contributed by atoms with Crippen molar-refractivity contribution in [2.45, 2.75) is 0 Å². The van der Waals surface area contributed by atoms with Crippen molar-refractivity contribution < 1.29 is 13.6 Å². The molecule has 0 aliphatic heterocycles. The summed E-state index contributed by atoms with van der Waals surface area (Å²) in [5.74, 6) is -1.08. The lowest BCUT2D eigenvalue weighted by Gasteiger charge is -2.05. The topological polar surface area (TPSA) is 85.6 Å². The van der Waals surface area contributed by atoms with Gasteiger partial charge in [-0.25, -0.2) is 14.1 Å². The summed E-state index contributed by atoms with van der Waals surface area (Å²) in [4.78, 5) is 20.7. The minimum atomic E-state index is -0.606. The molecular weight excluding hydrogens is 374 g/mol. The minimum Gasteiger partial charge on any atom is -0.296 e. The Hall–Kier alpha value is -3.53. The van der Waals surface area contributed by atoms with Crippen molar-refractivity contribution in [3.63, 3.8) is 0 Å². The van der Waals surface area contributed by atoms with Crippen molar-refractivity contribution in [3.8, 4) is 17.1 Å². The van der Waals surface area contributed by atoms with Crippen molar-refractivity contribution in [2.24, 2.45) is 0 Å². The summed E-state index contributed by atoms with van der Waals surface area (Å²) in [6.07, 6.45) is 2.75. The number of pyridine rings is 1. The minimum absolute atomic E-state index is 0.0488. The van der Waals surface area contributed by atoms with Gasteiger partial charge in [-0.2, -0.15) is 4.39 Å². The van der Waals surface area contributed by atoms with Gasteiger partial charge in [0.1, 0.15) is 11.5 Å². The van der Waals surface area contributed by atoms with Gasteiger partial charge in [0.15, 0.2) is 10.8 Å². The van der Waals surface area contributed by atoms with Crippen molar-refractivity contribution in [1.82, 2.24) is 25.0 Å². The molecular formula is C17H10F2N6OS. The molecule has 1 amide bonds. The summed E-state index contributed by atoms with van der Waals surface area (Å²) in [6, 6.07) is 10.6. The van der Waals surface area contributed by atoms with Crippen molar-refractivity contribution in [2.75, 3.05) is 5.32 Å². The molecule has 0 bridgehead atoms. The summed E-state index contributed by atoms with van der Waals surface area (Å²) in [5, 5.41) is 9.49. The average Bonchev–Trinajstić information content (AvgIpc) is 3.29. The van der Waals surface area contributed by atoms with E-state index in [1.165, 1.54) is 35.3 Å². The van der Waals surface area contributed by atoms with E-state index in [0.29, 0.717) is 22.7 Å². The van der Waals surface area contributed by atoms with E-state index in [2.05, 4.69) is 25.6 Å². The summed E-state index contributed by atoms with van der Waals surface area (Å²) >= 11 is 0.679. The number of nitrogens with one attached hydrogen (secondary N) is 1. The number of hydrogen-bond acceptors (Lipinski definition) is 6. The Morgan fingerprint density at radius 1 is 1.15 bits per heavy atom. The number of anilines is 1. The second-order valence-electron chi connectivity index (χ2n) is 5.32. The number of halogens is 2. The highest BCUT2D eigenvalue weighted by atomic mass is 32.1. The lowest BCUT2D eigenvalue weighted by atomic mass is 10.3. The van der Waals surface area contributed by atoms with Gasteiger partial charge in [0.25, 0.3) is 5.91 Å². The van der Waals surface area contributed by atoms with E-state index in [-0.39, 0.29) is 16.5 Å². The van der Waals surface area contributed by atoms with Crippen LogP contribution in [-0.2, 0) is 0 Å². The molecule has 0 aliphatic carbocycles. The average molecular weight is 384 g/mol. The maximum absolute atomic E-state index is 14.2. The van der Waals surface area contributed by atoms with Crippen LogP contribution in [-0.4, -0.2) is 30.9 Å². The predicted octanol–water partition coefficient (Wildman–Crippen LogP) is 3.32. The third kappa shape index (κ3) is 3.42. The zero-order valence-electron chi connectivity index (χ0n) is 13.5. The quantitative estimate of drug-likeness (QED) is 0.583. The van der Waals surface area contributed by atoms with Crippen LogP contribution in [0.15, 0.2) is 54.9 Å². The molecule has 0 fully saturated rings. The third-order valence-corrected chi connectivity index (χ3v) is 4.31. The number of rotatable bonds is 4. The Morgan fingerprint density at radius 2 is 2.04 bits per heavy atom. The number of carbonyl (C=O) groups excluding carboxylic acids is 1. The SMILES string of the molecule is O=C(Nc1nc(-c2ccccn2)c(F)s1)c1cnnn1-c1cccc(F)c1. The molecule has 4 rings (SSSR count). The number of benzene rings is 1. The molecule has 10 heteroatoms. The molecule has 0 saturated carbocycles. The van der Waals surface area contributed by atoms with Crippen LogP contribution in [0.5, 0.6) is 0 Å². The molecule has 0 aliphatic rings. The first-order valence-corrected chi connectivity index (χ1v) is 8.49. The van der Waals surface area contributed by atoms with Gasteiger partial charge in [-0.05, 0) is 30.3 Å². The first-order chi connectivity index (χ1) is 13.1. The zero-order chi connectivity index (χ0) is 18.8. The molecule has 134 valence electrons. The number of amides is 1. The van der Waals surface area contributed by atoms with E-state index in [4.69, 9.17) is 0 Å². The maximum Gasteiger partial charge on any atom is 0.277 e. The Morgan fingerprint density at radius 3 is 2.81 bits per heavy atom. The lowest BCUT2D eigenvalue weighted by molar-refractivity contribution is 0.101. The fraction of sp³-hybridized carbons (Fsp3) is 0. The lowest BCUT2D eigenvalue weighted by Crippen LogP contribution is -2.17. The van der Waals surface area contributed by atoms with E-state index in [9.17, 15) is 13.6 Å². The van der Waals surface area contributed by atoms with Gasteiger partial charge in [-0.15, -0.1) is 5.10 Å². The van der Waals surface area contributed by atoms with Crippen molar-refractivity contribution in [1.29, 1.82) is 0 Å². The highest BCUT2D eigenvalue weighted by Gasteiger charge is 2.19. The number of thiazole rings is 1. The zero-order valence-corrected chi connectivity index (χ0v) is 14.3. The third-order valence-electron chi connectivity index (χ3n) is 3.55. The van der Waals surface area contributed by atoms with E-state index < -0.39 is 16.9 Å². The van der Waals surface area contributed by atoms with Crippen LogP contribution >= 0.6 is 11.3 Å². The molecule has 0 radical (unpaired) electrons. The Balaban J connectivity index is 1.60. The number of hydrogen-bond donors (Lipinski definition) is 1. The summed E-state index contributed by atoms with van der Waals surface area (Å²) in [6.45, 7) is 0. The van der Waals surface area contributed by atoms with Gasteiger partial charge in [-0.1, -0.05) is 28.7 Å². The molecule has 1 aromatic carbocycles. The second kappa shape index (κ2) is 7.00. The van der Waals surface area contributed by atoms with Gasteiger partial charge >= 0.3 is 0 Å². The predicted molar refractivity (Wildman–Crippen MR) is 94.6 cm³/mol. The highest BCUT2D eigenvalue weighted by Crippen LogP contribution is 2.28. The van der Waals surface area contributed by atoms with Gasteiger partial charge in [0.05, 0.1) is 17.6 Å². The van der Waals surface area contributed by atoms with Crippen LogP contribution in [0.25, 0.3) is 17.1 Å². The Labute approximate surface area is 155 Å². The summed E-state index contributed by atoms with van der Waals surface area (Å²) in [7, 11) is 0. The fourth-order valence-corrected chi connectivity index (χ4v) is 3.06. The van der Waals surface area contributed by atoms with Crippen LogP contribution in [0.2, 0.25) is 0 Å². The fourth-order valence-electron chi connectivity index (χ4n) is 2.37. The highest BCUT2D eigenvalue weighted by molar-refractivity contribution is 7.14.